The van der Waals surface area contributed by atoms with Gasteiger partial charge in [-0.25, -0.2) is 4.98 Å². The molecule has 0 spiro atoms. The molecule has 0 bridgehead atoms. The van der Waals surface area contributed by atoms with E-state index in [2.05, 4.69) is 4.98 Å². The van der Waals surface area contributed by atoms with E-state index in [1.807, 2.05) is 31.1 Å². The zero-order valence-electron chi connectivity index (χ0n) is 15.0. The molecule has 2 aliphatic heterocycles. The van der Waals surface area contributed by atoms with Gasteiger partial charge in [-0.3, -0.25) is 9.59 Å². The molecule has 0 N–H and O–H groups in total. The van der Waals surface area contributed by atoms with Gasteiger partial charge in [0, 0.05) is 46.2 Å². The van der Waals surface area contributed by atoms with Crippen molar-refractivity contribution in [2.24, 2.45) is 0 Å². The average Bonchev–Trinajstić information content (AvgIpc) is 3.06. The van der Waals surface area contributed by atoms with Crippen molar-refractivity contribution in [1.29, 1.82) is 0 Å². The summed E-state index contributed by atoms with van der Waals surface area (Å²) in [6.45, 7) is 2.12. The lowest BCUT2D eigenvalue weighted by molar-refractivity contribution is -0.141. The summed E-state index contributed by atoms with van der Waals surface area (Å²) >= 11 is 0. The Morgan fingerprint density at radius 3 is 2.96 bits per heavy atom. The van der Waals surface area contributed by atoms with Crippen LogP contribution in [-0.4, -0.2) is 73.0 Å². The molecule has 25 heavy (non-hydrogen) atoms. The second-order valence-corrected chi connectivity index (χ2v) is 6.86. The van der Waals surface area contributed by atoms with Crippen LogP contribution in [0.4, 0.5) is 5.82 Å². The number of hydrogen-bond donors (Lipinski definition) is 0. The van der Waals surface area contributed by atoms with Crippen molar-refractivity contribution in [3.63, 3.8) is 0 Å². The third kappa shape index (κ3) is 4.21. The highest BCUT2D eigenvalue weighted by Gasteiger charge is 2.30. The highest BCUT2D eigenvalue weighted by atomic mass is 16.5. The Hall–Kier alpha value is -2.31. The Bertz CT molecular complexity index is 635. The molecular formula is C18H26N4O3. The van der Waals surface area contributed by atoms with E-state index in [0.717, 1.165) is 30.8 Å². The number of nitrogens with zero attached hydrogens (tertiary/aromatic N) is 4. The number of likely N-dealkylation sites (tertiary alicyclic amines) is 2. The van der Waals surface area contributed by atoms with E-state index in [9.17, 15) is 9.59 Å². The van der Waals surface area contributed by atoms with Crippen LogP contribution in [-0.2, 0) is 9.59 Å². The molecule has 0 aromatic carbocycles. The molecule has 0 unspecified atom stereocenters. The first-order valence-electron chi connectivity index (χ1n) is 8.89. The molecule has 2 fully saturated rings. The lowest BCUT2D eigenvalue weighted by Crippen LogP contribution is -2.44. The highest BCUT2D eigenvalue weighted by Crippen LogP contribution is 2.26. The molecule has 2 amide bonds. The van der Waals surface area contributed by atoms with E-state index >= 15 is 0 Å². The van der Waals surface area contributed by atoms with Crippen LogP contribution in [0.15, 0.2) is 18.3 Å². The SMILES string of the molecule is CN(C)c1ncccc1O[C@H]1CCN(C(=O)CN2CCCCC2=O)C1. The number of aromatic nitrogens is 1. The Labute approximate surface area is 148 Å². The van der Waals surface area contributed by atoms with Gasteiger partial charge in [0.1, 0.15) is 6.10 Å². The molecule has 7 heteroatoms. The van der Waals surface area contributed by atoms with Crippen molar-refractivity contribution in [3.8, 4) is 5.75 Å². The first-order chi connectivity index (χ1) is 12.0. The highest BCUT2D eigenvalue weighted by molar-refractivity contribution is 5.85. The minimum atomic E-state index is -0.0380. The lowest BCUT2D eigenvalue weighted by atomic mass is 10.1. The molecule has 1 atom stereocenters. The van der Waals surface area contributed by atoms with Crippen molar-refractivity contribution in [2.45, 2.75) is 31.8 Å². The van der Waals surface area contributed by atoms with Crippen LogP contribution in [0.5, 0.6) is 5.75 Å². The summed E-state index contributed by atoms with van der Waals surface area (Å²) in [5.74, 6) is 1.63. The summed E-state index contributed by atoms with van der Waals surface area (Å²) < 4.78 is 6.08. The lowest BCUT2D eigenvalue weighted by Gasteiger charge is -2.28. The van der Waals surface area contributed by atoms with Gasteiger partial charge in [-0.1, -0.05) is 0 Å². The van der Waals surface area contributed by atoms with Gasteiger partial charge in [-0.2, -0.15) is 0 Å². The average molecular weight is 346 g/mol. The van der Waals surface area contributed by atoms with Gasteiger partial charge < -0.3 is 19.4 Å². The maximum absolute atomic E-state index is 12.5. The van der Waals surface area contributed by atoms with Crippen LogP contribution in [0.25, 0.3) is 0 Å². The molecule has 1 aromatic heterocycles. The number of carbonyl (C=O) groups is 2. The number of rotatable bonds is 5. The second-order valence-electron chi connectivity index (χ2n) is 6.86. The number of amides is 2. The zero-order chi connectivity index (χ0) is 17.8. The Morgan fingerprint density at radius 2 is 2.20 bits per heavy atom. The third-order valence-electron chi connectivity index (χ3n) is 4.71. The van der Waals surface area contributed by atoms with Gasteiger partial charge in [-0.15, -0.1) is 0 Å². The summed E-state index contributed by atoms with van der Waals surface area (Å²) in [5.41, 5.74) is 0. The fraction of sp³-hybridized carbons (Fsp3) is 0.611. The number of carbonyl (C=O) groups excluding carboxylic acids is 2. The summed E-state index contributed by atoms with van der Waals surface area (Å²) in [4.78, 5) is 34.1. The first kappa shape index (κ1) is 17.5. The third-order valence-corrected chi connectivity index (χ3v) is 4.71. The van der Waals surface area contributed by atoms with Gasteiger partial charge in [0.25, 0.3) is 0 Å². The number of piperidine rings is 1. The van der Waals surface area contributed by atoms with Crippen molar-refractivity contribution < 1.29 is 14.3 Å². The van der Waals surface area contributed by atoms with Gasteiger partial charge in [0.15, 0.2) is 11.6 Å². The van der Waals surface area contributed by atoms with Crippen LogP contribution in [0.2, 0.25) is 0 Å². The zero-order valence-corrected chi connectivity index (χ0v) is 15.0. The summed E-state index contributed by atoms with van der Waals surface area (Å²) in [5, 5.41) is 0. The van der Waals surface area contributed by atoms with E-state index in [1.54, 1.807) is 16.0 Å². The van der Waals surface area contributed by atoms with Crippen molar-refractivity contribution in [3.05, 3.63) is 18.3 Å². The minimum absolute atomic E-state index is 0.0142. The predicted molar refractivity (Wildman–Crippen MR) is 94.6 cm³/mol. The minimum Gasteiger partial charge on any atom is -0.485 e. The Kier molecular flexibility index (Phi) is 5.40. The number of hydrogen-bond acceptors (Lipinski definition) is 5. The predicted octanol–water partition coefficient (Wildman–Crippen LogP) is 1.14. The summed E-state index contributed by atoms with van der Waals surface area (Å²) in [6, 6.07) is 3.75. The Morgan fingerprint density at radius 1 is 1.36 bits per heavy atom. The molecule has 0 saturated carbocycles. The molecule has 0 aliphatic carbocycles. The molecule has 2 saturated heterocycles. The van der Waals surface area contributed by atoms with Crippen molar-refractivity contribution in [2.75, 3.05) is 45.2 Å². The largest absolute Gasteiger partial charge is 0.485 e. The van der Waals surface area contributed by atoms with Crippen LogP contribution in [0, 0.1) is 0 Å². The molecule has 3 rings (SSSR count). The molecule has 0 radical (unpaired) electrons. The van der Waals surface area contributed by atoms with Crippen LogP contribution < -0.4 is 9.64 Å². The van der Waals surface area contributed by atoms with Crippen molar-refractivity contribution in [1.82, 2.24) is 14.8 Å². The number of anilines is 1. The summed E-state index contributed by atoms with van der Waals surface area (Å²) in [6.07, 6.45) is 4.97. The topological polar surface area (TPSA) is 66.0 Å². The first-order valence-corrected chi connectivity index (χ1v) is 8.89. The standard InChI is InChI=1S/C18H26N4O3/c1-20(2)18-15(6-5-9-19-18)25-14-8-11-22(12-14)17(24)13-21-10-4-3-7-16(21)23/h5-6,9,14H,3-4,7-8,10-13H2,1-2H3/t14-/m0/s1. The van der Waals surface area contributed by atoms with E-state index in [0.29, 0.717) is 26.1 Å². The van der Waals surface area contributed by atoms with E-state index in [-0.39, 0.29) is 24.5 Å². The van der Waals surface area contributed by atoms with Gasteiger partial charge in [0.2, 0.25) is 11.8 Å². The maximum Gasteiger partial charge on any atom is 0.242 e. The normalized spacial score (nSPS) is 20.7. The monoisotopic (exact) mass is 346 g/mol. The van der Waals surface area contributed by atoms with Gasteiger partial charge >= 0.3 is 0 Å². The smallest absolute Gasteiger partial charge is 0.242 e. The molecule has 2 aliphatic rings. The number of pyridine rings is 1. The van der Waals surface area contributed by atoms with E-state index in [4.69, 9.17) is 4.74 Å². The molecule has 1 aromatic rings. The second kappa shape index (κ2) is 7.72. The molecule has 136 valence electrons. The number of ether oxygens (including phenoxy) is 1. The van der Waals surface area contributed by atoms with Gasteiger partial charge in [-0.05, 0) is 25.0 Å². The van der Waals surface area contributed by atoms with Crippen molar-refractivity contribution >= 4 is 17.6 Å². The maximum atomic E-state index is 12.5. The van der Waals surface area contributed by atoms with E-state index in [1.165, 1.54) is 0 Å². The van der Waals surface area contributed by atoms with Crippen LogP contribution in [0.1, 0.15) is 25.7 Å². The molecule has 7 nitrogen and oxygen atoms in total. The van der Waals surface area contributed by atoms with Gasteiger partial charge in [0.05, 0.1) is 13.1 Å². The Balaban J connectivity index is 1.55. The molecular weight excluding hydrogens is 320 g/mol. The van der Waals surface area contributed by atoms with Crippen LogP contribution in [0.3, 0.4) is 0 Å². The van der Waals surface area contributed by atoms with E-state index < -0.39 is 0 Å². The quantitative estimate of drug-likeness (QED) is 0.800. The fourth-order valence-corrected chi connectivity index (χ4v) is 3.33. The fourth-order valence-electron chi connectivity index (χ4n) is 3.33. The summed E-state index contributed by atoms with van der Waals surface area (Å²) in [7, 11) is 3.85. The molecule has 3 heterocycles. The van der Waals surface area contributed by atoms with Crippen LogP contribution >= 0.6 is 0 Å².